The first-order chi connectivity index (χ1) is 5.70. The van der Waals surface area contributed by atoms with E-state index in [0.29, 0.717) is 6.42 Å². The van der Waals surface area contributed by atoms with Crippen molar-refractivity contribution >= 4 is 5.97 Å². The Morgan fingerprint density at radius 1 is 1.50 bits per heavy atom. The van der Waals surface area contributed by atoms with Gasteiger partial charge in [0.1, 0.15) is 0 Å². The van der Waals surface area contributed by atoms with Gasteiger partial charge in [0.15, 0.2) is 0 Å². The lowest BCUT2D eigenvalue weighted by atomic mass is 10.1. The summed E-state index contributed by atoms with van der Waals surface area (Å²) in [6.45, 7) is 3.91. The van der Waals surface area contributed by atoms with E-state index in [0.717, 1.165) is 17.5 Å². The molecule has 66 valence electrons. The molecule has 0 unspecified atom stereocenters. The highest BCUT2D eigenvalue weighted by Gasteiger charge is 2.16. The van der Waals surface area contributed by atoms with Crippen LogP contribution in [0.3, 0.4) is 0 Å². The molecule has 0 fully saturated rings. The highest BCUT2D eigenvalue weighted by molar-refractivity contribution is 5.86. The molecule has 0 spiro atoms. The van der Waals surface area contributed by atoms with Gasteiger partial charge in [-0.2, -0.15) is 0 Å². The van der Waals surface area contributed by atoms with Crippen molar-refractivity contribution in [1.82, 2.24) is 0 Å². The third kappa shape index (κ3) is 1.35. The minimum atomic E-state index is -0.980. The van der Waals surface area contributed by atoms with Crippen LogP contribution in [0.5, 0.6) is 0 Å². The number of aromatic carboxylic acids is 1. The monoisotopic (exact) mass is 168 g/mol. The number of hydrogen-bond acceptors (Lipinski definition) is 2. The zero-order valence-corrected chi connectivity index (χ0v) is 7.26. The molecule has 0 saturated heterocycles. The maximum Gasteiger partial charge on any atom is 0.372 e. The van der Waals surface area contributed by atoms with Crippen LogP contribution in [0.25, 0.3) is 0 Å². The van der Waals surface area contributed by atoms with E-state index in [1.807, 2.05) is 13.8 Å². The quantitative estimate of drug-likeness (QED) is 0.751. The molecule has 3 nitrogen and oxygen atoms in total. The molecule has 0 aromatic carbocycles. The molecule has 0 aliphatic carbocycles. The third-order valence-electron chi connectivity index (χ3n) is 1.91. The summed E-state index contributed by atoms with van der Waals surface area (Å²) in [4.78, 5) is 10.6. The van der Waals surface area contributed by atoms with E-state index in [1.54, 1.807) is 0 Å². The lowest BCUT2D eigenvalue weighted by Gasteiger charge is -1.95. The fourth-order valence-corrected chi connectivity index (χ4v) is 1.28. The summed E-state index contributed by atoms with van der Waals surface area (Å²) < 4.78 is 4.94. The van der Waals surface area contributed by atoms with Crippen LogP contribution in [0.2, 0.25) is 0 Å². The van der Waals surface area contributed by atoms with Gasteiger partial charge >= 0.3 is 5.97 Å². The standard InChI is InChI=1S/C9H12O3/c1-3-6-5-12-8(9(10)11)7(6)4-2/h5H,3-4H2,1-2H3,(H,10,11). The van der Waals surface area contributed by atoms with Crippen molar-refractivity contribution in [2.75, 3.05) is 0 Å². The average molecular weight is 168 g/mol. The van der Waals surface area contributed by atoms with Gasteiger partial charge in [-0.05, 0) is 18.4 Å². The fraction of sp³-hybridized carbons (Fsp3) is 0.444. The van der Waals surface area contributed by atoms with E-state index in [1.165, 1.54) is 6.26 Å². The number of carboxylic acids is 1. The molecule has 1 N–H and O–H groups in total. The van der Waals surface area contributed by atoms with Crippen LogP contribution in [0.15, 0.2) is 10.7 Å². The number of aryl methyl sites for hydroxylation is 1. The van der Waals surface area contributed by atoms with Crippen molar-refractivity contribution in [3.63, 3.8) is 0 Å². The number of rotatable bonds is 3. The topological polar surface area (TPSA) is 50.4 Å². The van der Waals surface area contributed by atoms with Crippen molar-refractivity contribution in [3.05, 3.63) is 23.2 Å². The normalized spacial score (nSPS) is 10.2. The second-order valence-corrected chi connectivity index (χ2v) is 2.58. The van der Waals surface area contributed by atoms with Gasteiger partial charge in [-0.3, -0.25) is 0 Å². The van der Waals surface area contributed by atoms with Gasteiger partial charge in [-0.15, -0.1) is 0 Å². The van der Waals surface area contributed by atoms with Crippen LogP contribution in [-0.2, 0) is 12.8 Å². The van der Waals surface area contributed by atoms with E-state index in [9.17, 15) is 4.79 Å². The number of carboxylic acid groups (broad SMARTS) is 1. The number of furan rings is 1. The summed E-state index contributed by atoms with van der Waals surface area (Å²) in [6.07, 6.45) is 3.06. The largest absolute Gasteiger partial charge is 0.475 e. The first-order valence-corrected chi connectivity index (χ1v) is 4.03. The molecule has 1 rings (SSSR count). The molecule has 1 aromatic heterocycles. The minimum absolute atomic E-state index is 0.0920. The van der Waals surface area contributed by atoms with E-state index >= 15 is 0 Å². The first kappa shape index (κ1) is 8.84. The SMILES string of the molecule is CCc1coc(C(=O)O)c1CC. The van der Waals surface area contributed by atoms with Crippen LogP contribution in [0, 0.1) is 0 Å². The molecule has 0 bridgehead atoms. The average Bonchev–Trinajstić information content (AvgIpc) is 2.46. The van der Waals surface area contributed by atoms with Crippen molar-refractivity contribution in [1.29, 1.82) is 0 Å². The predicted molar refractivity (Wildman–Crippen MR) is 44.4 cm³/mol. The smallest absolute Gasteiger partial charge is 0.372 e. The Morgan fingerprint density at radius 3 is 2.58 bits per heavy atom. The van der Waals surface area contributed by atoms with Crippen LogP contribution >= 0.6 is 0 Å². The van der Waals surface area contributed by atoms with Gasteiger partial charge in [0.05, 0.1) is 6.26 Å². The minimum Gasteiger partial charge on any atom is -0.475 e. The molecule has 12 heavy (non-hydrogen) atoms. The molecular formula is C9H12O3. The van der Waals surface area contributed by atoms with Gasteiger partial charge in [0, 0.05) is 5.56 Å². The summed E-state index contributed by atoms with van der Waals surface area (Å²) in [5.74, 6) is -0.888. The highest BCUT2D eigenvalue weighted by atomic mass is 16.4. The van der Waals surface area contributed by atoms with Crippen LogP contribution in [-0.4, -0.2) is 11.1 Å². The van der Waals surface area contributed by atoms with Crippen molar-refractivity contribution < 1.29 is 14.3 Å². The maximum atomic E-state index is 10.6. The molecule has 1 heterocycles. The summed E-state index contributed by atoms with van der Waals surface area (Å²) in [5.41, 5.74) is 1.82. The van der Waals surface area contributed by atoms with Crippen LogP contribution in [0.4, 0.5) is 0 Å². The van der Waals surface area contributed by atoms with E-state index in [2.05, 4.69) is 0 Å². The molecule has 0 saturated carbocycles. The lowest BCUT2D eigenvalue weighted by molar-refractivity contribution is 0.0661. The van der Waals surface area contributed by atoms with E-state index < -0.39 is 5.97 Å². The third-order valence-corrected chi connectivity index (χ3v) is 1.91. The van der Waals surface area contributed by atoms with Crippen molar-refractivity contribution in [2.45, 2.75) is 26.7 Å². The van der Waals surface area contributed by atoms with Crippen LogP contribution in [0.1, 0.15) is 35.5 Å². The second-order valence-electron chi connectivity index (χ2n) is 2.58. The van der Waals surface area contributed by atoms with Gasteiger partial charge in [0.25, 0.3) is 0 Å². The summed E-state index contributed by atoms with van der Waals surface area (Å²) in [5, 5.41) is 8.71. The Balaban J connectivity index is 3.13. The number of carbonyl (C=O) groups is 1. The van der Waals surface area contributed by atoms with Crippen LogP contribution < -0.4 is 0 Å². The molecule has 0 atom stereocenters. The predicted octanol–water partition coefficient (Wildman–Crippen LogP) is 2.10. The summed E-state index contributed by atoms with van der Waals surface area (Å²) in [6, 6.07) is 0. The molecule has 0 radical (unpaired) electrons. The zero-order valence-electron chi connectivity index (χ0n) is 7.26. The number of hydrogen-bond donors (Lipinski definition) is 1. The second kappa shape index (κ2) is 3.43. The summed E-state index contributed by atoms with van der Waals surface area (Å²) in [7, 11) is 0. The van der Waals surface area contributed by atoms with E-state index in [4.69, 9.17) is 9.52 Å². The Bertz CT molecular complexity index is 286. The first-order valence-electron chi connectivity index (χ1n) is 4.03. The maximum absolute atomic E-state index is 10.6. The zero-order chi connectivity index (χ0) is 9.14. The molecule has 3 heteroatoms. The molecule has 0 aliphatic rings. The van der Waals surface area contributed by atoms with Gasteiger partial charge in [-0.1, -0.05) is 13.8 Å². The molecular weight excluding hydrogens is 156 g/mol. The van der Waals surface area contributed by atoms with Gasteiger partial charge < -0.3 is 9.52 Å². The van der Waals surface area contributed by atoms with Gasteiger partial charge in [0.2, 0.25) is 5.76 Å². The van der Waals surface area contributed by atoms with E-state index in [-0.39, 0.29) is 5.76 Å². The van der Waals surface area contributed by atoms with Crippen molar-refractivity contribution in [3.8, 4) is 0 Å². The Hall–Kier alpha value is -1.25. The summed E-state index contributed by atoms with van der Waals surface area (Å²) >= 11 is 0. The highest BCUT2D eigenvalue weighted by Crippen LogP contribution is 2.18. The molecule has 0 amide bonds. The van der Waals surface area contributed by atoms with Gasteiger partial charge in [-0.25, -0.2) is 4.79 Å². The lowest BCUT2D eigenvalue weighted by Crippen LogP contribution is -1.99. The Kier molecular flexibility index (Phi) is 2.53. The fourth-order valence-electron chi connectivity index (χ4n) is 1.28. The Morgan fingerprint density at radius 2 is 2.17 bits per heavy atom. The Labute approximate surface area is 71.0 Å². The van der Waals surface area contributed by atoms with Crippen molar-refractivity contribution in [2.24, 2.45) is 0 Å². The molecule has 1 aromatic rings. The molecule has 0 aliphatic heterocycles.